The van der Waals surface area contributed by atoms with Crippen LogP contribution in [-0.2, 0) is 16.6 Å². The Morgan fingerprint density at radius 3 is 2.44 bits per heavy atom. The summed E-state index contributed by atoms with van der Waals surface area (Å²) in [7, 11) is 0.276. The molecule has 0 N–H and O–H groups in total. The molecule has 41 heavy (non-hydrogen) atoms. The fourth-order valence-corrected chi connectivity index (χ4v) is 6.20. The van der Waals surface area contributed by atoms with Crippen molar-refractivity contribution in [1.29, 1.82) is 0 Å². The molecule has 0 aliphatic rings. The minimum atomic E-state index is -4.22. The van der Waals surface area contributed by atoms with Crippen molar-refractivity contribution in [2.75, 3.05) is 25.6 Å². The van der Waals surface area contributed by atoms with Crippen LogP contribution in [0.2, 0.25) is 5.02 Å². The number of oxazole rings is 1. The molecule has 0 amide bonds. The number of nitrogens with zero attached hydrogens (tertiary/aromatic N) is 3. The molecule has 0 saturated heterocycles. The van der Waals surface area contributed by atoms with Gasteiger partial charge in [0.15, 0.2) is 0 Å². The average molecular weight is 661 g/mol. The maximum absolute atomic E-state index is 14.1. The quantitative estimate of drug-likeness (QED) is 0.195. The number of pyridine rings is 1. The summed E-state index contributed by atoms with van der Waals surface area (Å²) < 4.78 is 52.8. The number of hydrogen-bond donors (Lipinski definition) is 0. The SMILES string of the molecule is COc1ccc(CN(c2ncco2)S(=O)(=O)c2ccc3c(ccc(=O)n3-c3cc(Cl)c(Br)cc3OC)c2)c(OC)c1. The minimum absolute atomic E-state index is 0.0401. The van der Waals surface area contributed by atoms with Gasteiger partial charge in [0.05, 0.1) is 55.2 Å². The molecule has 5 rings (SSSR count). The van der Waals surface area contributed by atoms with Crippen LogP contribution < -0.4 is 24.1 Å². The first-order valence-corrected chi connectivity index (χ1v) is 14.6. The van der Waals surface area contributed by atoms with Gasteiger partial charge in [-0.3, -0.25) is 9.36 Å². The molecule has 5 aromatic rings. The zero-order valence-corrected chi connectivity index (χ0v) is 25.2. The molecule has 0 atom stereocenters. The number of rotatable bonds is 9. The van der Waals surface area contributed by atoms with Crippen LogP contribution in [0.25, 0.3) is 16.6 Å². The van der Waals surface area contributed by atoms with Crippen LogP contribution in [0.1, 0.15) is 5.56 Å². The van der Waals surface area contributed by atoms with Gasteiger partial charge in [-0.25, -0.2) is 17.7 Å². The van der Waals surface area contributed by atoms with E-state index in [2.05, 4.69) is 20.9 Å². The molecule has 0 unspecified atom stereocenters. The number of hydrogen-bond acceptors (Lipinski definition) is 8. The Balaban J connectivity index is 1.63. The third-order valence-corrected chi connectivity index (χ3v) is 9.27. The topological polar surface area (TPSA) is 113 Å². The van der Waals surface area contributed by atoms with Crippen LogP contribution in [0.4, 0.5) is 6.01 Å². The fourth-order valence-electron chi connectivity index (χ4n) is 4.35. The van der Waals surface area contributed by atoms with Crippen LogP contribution >= 0.6 is 27.5 Å². The number of aromatic nitrogens is 2. The van der Waals surface area contributed by atoms with E-state index in [1.165, 1.54) is 56.6 Å². The van der Waals surface area contributed by atoms with Gasteiger partial charge >= 0.3 is 6.01 Å². The van der Waals surface area contributed by atoms with Crippen molar-refractivity contribution in [3.8, 4) is 22.9 Å². The molecule has 0 aliphatic carbocycles. The molecule has 10 nitrogen and oxygen atoms in total. The van der Waals surface area contributed by atoms with E-state index in [1.54, 1.807) is 42.5 Å². The monoisotopic (exact) mass is 659 g/mol. The van der Waals surface area contributed by atoms with E-state index >= 15 is 0 Å². The van der Waals surface area contributed by atoms with Crippen LogP contribution in [0.15, 0.2) is 91.7 Å². The lowest BCUT2D eigenvalue weighted by Crippen LogP contribution is -2.31. The predicted octanol–water partition coefficient (Wildman–Crippen LogP) is 5.82. The number of anilines is 1. The number of fused-ring (bicyclic) bond motifs is 1. The van der Waals surface area contributed by atoms with Gasteiger partial charge in [0.25, 0.3) is 15.6 Å². The second kappa shape index (κ2) is 11.5. The Morgan fingerprint density at radius 1 is 0.976 bits per heavy atom. The summed E-state index contributed by atoms with van der Waals surface area (Å²) in [5, 5.41) is 0.862. The van der Waals surface area contributed by atoms with Gasteiger partial charge in [-0.05, 0) is 64.5 Å². The van der Waals surface area contributed by atoms with Crippen LogP contribution in [0.5, 0.6) is 17.2 Å². The van der Waals surface area contributed by atoms with Crippen LogP contribution in [-0.4, -0.2) is 39.3 Å². The number of benzene rings is 3. The molecule has 212 valence electrons. The number of ether oxygens (including phenoxy) is 3. The Labute approximate surface area is 248 Å². The predicted molar refractivity (Wildman–Crippen MR) is 158 cm³/mol. The number of methoxy groups -OCH3 is 3. The Bertz CT molecular complexity index is 1910. The van der Waals surface area contributed by atoms with Gasteiger partial charge in [0, 0.05) is 27.6 Å². The van der Waals surface area contributed by atoms with Crippen molar-refractivity contribution in [1.82, 2.24) is 9.55 Å². The van der Waals surface area contributed by atoms with Crippen molar-refractivity contribution < 1.29 is 27.0 Å². The molecular formula is C28H23BrClN3O7S. The van der Waals surface area contributed by atoms with E-state index in [9.17, 15) is 13.2 Å². The highest BCUT2D eigenvalue weighted by atomic mass is 79.9. The van der Waals surface area contributed by atoms with Crippen molar-refractivity contribution >= 4 is 54.5 Å². The van der Waals surface area contributed by atoms with E-state index in [-0.39, 0.29) is 23.0 Å². The maximum Gasteiger partial charge on any atom is 0.311 e. The maximum atomic E-state index is 14.1. The largest absolute Gasteiger partial charge is 0.497 e. The van der Waals surface area contributed by atoms with E-state index in [0.29, 0.717) is 48.9 Å². The first kappa shape index (κ1) is 28.5. The van der Waals surface area contributed by atoms with E-state index in [0.717, 1.165) is 4.31 Å². The Hall–Kier alpha value is -4.00. The number of halogens is 2. The molecule has 2 heterocycles. The summed E-state index contributed by atoms with van der Waals surface area (Å²) in [6.45, 7) is -0.137. The highest BCUT2D eigenvalue weighted by Gasteiger charge is 2.30. The van der Waals surface area contributed by atoms with Gasteiger partial charge in [-0.2, -0.15) is 0 Å². The summed E-state index contributed by atoms with van der Waals surface area (Å²) in [6, 6.07) is 15.6. The molecule has 13 heteroatoms. The molecule has 0 radical (unpaired) electrons. The highest BCUT2D eigenvalue weighted by Crippen LogP contribution is 2.35. The first-order valence-electron chi connectivity index (χ1n) is 12.0. The lowest BCUT2D eigenvalue weighted by Gasteiger charge is -2.22. The second-order valence-corrected chi connectivity index (χ2v) is 11.8. The normalized spacial score (nSPS) is 11.4. The van der Waals surface area contributed by atoms with Crippen molar-refractivity contribution in [2.24, 2.45) is 0 Å². The van der Waals surface area contributed by atoms with Crippen molar-refractivity contribution in [3.63, 3.8) is 0 Å². The highest BCUT2D eigenvalue weighted by molar-refractivity contribution is 9.10. The Morgan fingerprint density at radius 2 is 1.76 bits per heavy atom. The molecule has 0 spiro atoms. The molecule has 0 fully saturated rings. The lowest BCUT2D eigenvalue weighted by molar-refractivity contribution is 0.391. The smallest absolute Gasteiger partial charge is 0.311 e. The van der Waals surface area contributed by atoms with Gasteiger partial charge in [0.2, 0.25) is 0 Å². The third kappa shape index (κ3) is 5.37. The first-order chi connectivity index (χ1) is 19.7. The molecule has 0 saturated carbocycles. The van der Waals surface area contributed by atoms with Crippen molar-refractivity contribution in [2.45, 2.75) is 11.4 Å². The summed E-state index contributed by atoms with van der Waals surface area (Å²) >= 11 is 9.70. The third-order valence-electron chi connectivity index (χ3n) is 6.36. The fraction of sp³-hybridized carbons (Fsp3) is 0.143. The van der Waals surface area contributed by atoms with Gasteiger partial charge in [-0.1, -0.05) is 11.6 Å². The summed E-state index contributed by atoms with van der Waals surface area (Å²) in [6.07, 6.45) is 2.65. The van der Waals surface area contributed by atoms with Crippen molar-refractivity contribution in [3.05, 3.63) is 98.5 Å². The molecule has 2 aromatic heterocycles. The molecular weight excluding hydrogens is 638 g/mol. The van der Waals surface area contributed by atoms with E-state index in [1.807, 2.05) is 0 Å². The van der Waals surface area contributed by atoms with Crippen LogP contribution in [0, 0.1) is 0 Å². The minimum Gasteiger partial charge on any atom is -0.497 e. The summed E-state index contributed by atoms with van der Waals surface area (Å²) in [5.74, 6) is 1.39. The molecule has 0 bridgehead atoms. The summed E-state index contributed by atoms with van der Waals surface area (Å²) in [5.41, 5.74) is 1.06. The van der Waals surface area contributed by atoms with E-state index < -0.39 is 10.0 Å². The zero-order valence-electron chi connectivity index (χ0n) is 22.0. The standard InChI is InChI=1S/C28H23BrClN3O7S/c1-37-19-6-4-18(25(13-19)38-2)16-32(28-31-10-11-40-28)41(35,36)20-7-8-23-17(12-20)5-9-27(34)33(23)24-15-22(30)21(29)14-26(24)39-3/h4-15H,16H2,1-3H3. The summed E-state index contributed by atoms with van der Waals surface area (Å²) in [4.78, 5) is 17.1. The van der Waals surface area contributed by atoms with Crippen LogP contribution in [0.3, 0.4) is 0 Å². The zero-order chi connectivity index (χ0) is 29.3. The average Bonchev–Trinajstić information content (AvgIpc) is 3.51. The number of sulfonamides is 1. The van der Waals surface area contributed by atoms with E-state index in [4.69, 9.17) is 30.2 Å². The van der Waals surface area contributed by atoms with Gasteiger partial charge in [0.1, 0.15) is 23.5 Å². The molecule has 3 aromatic carbocycles. The second-order valence-electron chi connectivity index (χ2n) is 8.67. The molecule has 0 aliphatic heterocycles. The van der Waals surface area contributed by atoms with Gasteiger partial charge in [-0.15, -0.1) is 0 Å². The lowest BCUT2D eigenvalue weighted by atomic mass is 10.2. The Kier molecular flexibility index (Phi) is 7.98. The van der Waals surface area contributed by atoms with Gasteiger partial charge < -0.3 is 18.6 Å².